The third-order valence-electron chi connectivity index (χ3n) is 9.68. The lowest BCUT2D eigenvalue weighted by Gasteiger charge is -2.44. The largest absolute Gasteiger partial charge is 0.378 e. The molecule has 0 bridgehead atoms. The quantitative estimate of drug-likeness (QED) is 0.325. The predicted octanol–water partition coefficient (Wildman–Crippen LogP) is 8.15. The molecule has 8 heteroatoms. The molecule has 0 N–H and O–H groups in total. The highest BCUT2D eigenvalue weighted by Gasteiger charge is 2.55. The normalized spacial score (nSPS) is 48.0. The summed E-state index contributed by atoms with van der Waals surface area (Å²) in [5, 5.41) is 0. The summed E-state index contributed by atoms with van der Waals surface area (Å²) < 4.78 is 107. The summed E-state index contributed by atoms with van der Waals surface area (Å²) in [6.45, 7) is 2.98. The first-order valence-corrected chi connectivity index (χ1v) is 13.8. The highest BCUT2D eigenvalue weighted by Crippen LogP contribution is 2.50. The van der Waals surface area contributed by atoms with E-state index in [2.05, 4.69) is 6.92 Å². The third kappa shape index (κ3) is 6.31. The van der Waals surface area contributed by atoms with E-state index in [1.807, 2.05) is 0 Å². The first kappa shape index (κ1) is 27.5. The fraction of sp³-hybridized carbons (Fsp3) is 1.00. The molecule has 3 aliphatic carbocycles. The van der Waals surface area contributed by atoms with Gasteiger partial charge in [0.15, 0.2) is 6.17 Å². The summed E-state index contributed by atoms with van der Waals surface area (Å²) in [5.41, 5.74) is 0. The van der Waals surface area contributed by atoms with E-state index in [0.29, 0.717) is 11.8 Å². The Kier molecular flexibility index (Phi) is 9.01. The van der Waals surface area contributed by atoms with Crippen molar-refractivity contribution in [2.24, 2.45) is 35.5 Å². The van der Waals surface area contributed by atoms with Crippen molar-refractivity contribution in [1.29, 1.82) is 0 Å². The minimum Gasteiger partial charge on any atom is -0.378 e. The Morgan fingerprint density at radius 3 is 1.74 bits per heavy atom. The van der Waals surface area contributed by atoms with E-state index in [0.717, 1.165) is 45.1 Å². The average molecular weight is 515 g/mol. The molecule has 0 aromatic heterocycles. The third-order valence-corrected chi connectivity index (χ3v) is 9.68. The topological polar surface area (TPSA) is 9.23 Å². The van der Waals surface area contributed by atoms with Crippen LogP contribution in [0.2, 0.25) is 0 Å². The molecule has 35 heavy (non-hydrogen) atoms. The molecule has 4 fully saturated rings. The fourth-order valence-electron chi connectivity index (χ4n) is 7.52. The highest BCUT2D eigenvalue weighted by atomic mass is 19.3. The molecular formula is C27H41F7O. The predicted molar refractivity (Wildman–Crippen MR) is 121 cm³/mol. The van der Waals surface area contributed by atoms with Gasteiger partial charge in [-0.2, -0.15) is 0 Å². The lowest BCUT2D eigenvalue weighted by Crippen LogP contribution is -2.49. The van der Waals surface area contributed by atoms with Crippen molar-refractivity contribution in [3.8, 4) is 0 Å². The molecule has 4 aliphatic rings. The Morgan fingerprint density at radius 1 is 0.657 bits per heavy atom. The zero-order chi connectivity index (χ0) is 25.3. The number of ether oxygens (including phenoxy) is 1. The Hall–Kier alpha value is -0.530. The van der Waals surface area contributed by atoms with Gasteiger partial charge in [-0.15, -0.1) is 0 Å². The Bertz CT molecular complexity index is 638. The smallest absolute Gasteiger partial charge is 0.256 e. The molecule has 1 heterocycles. The zero-order valence-corrected chi connectivity index (χ0v) is 20.7. The van der Waals surface area contributed by atoms with Gasteiger partial charge in [0, 0.05) is 13.0 Å². The van der Waals surface area contributed by atoms with Crippen LogP contribution in [0.1, 0.15) is 84.0 Å². The molecule has 0 spiro atoms. The molecule has 4 rings (SSSR count). The van der Waals surface area contributed by atoms with Crippen molar-refractivity contribution >= 4 is 0 Å². The van der Waals surface area contributed by atoms with Gasteiger partial charge in [0.1, 0.15) is 24.7 Å². The molecule has 1 nitrogen and oxygen atoms in total. The molecule has 0 radical (unpaired) electrons. The van der Waals surface area contributed by atoms with E-state index in [-0.39, 0.29) is 30.8 Å². The number of halogens is 7. The van der Waals surface area contributed by atoms with Crippen molar-refractivity contribution in [2.45, 2.75) is 127 Å². The van der Waals surface area contributed by atoms with Crippen LogP contribution in [0.15, 0.2) is 0 Å². The second-order valence-corrected chi connectivity index (χ2v) is 12.0. The van der Waals surface area contributed by atoms with Crippen LogP contribution in [0.25, 0.3) is 0 Å². The van der Waals surface area contributed by atoms with Crippen molar-refractivity contribution in [1.82, 2.24) is 0 Å². The van der Waals surface area contributed by atoms with Gasteiger partial charge >= 0.3 is 0 Å². The molecule has 0 amide bonds. The van der Waals surface area contributed by atoms with Gasteiger partial charge in [-0.1, -0.05) is 13.3 Å². The maximum atomic E-state index is 15.1. The second-order valence-electron chi connectivity index (χ2n) is 12.0. The van der Waals surface area contributed by atoms with E-state index < -0.39 is 67.9 Å². The van der Waals surface area contributed by atoms with Gasteiger partial charge in [-0.05, 0) is 93.8 Å². The first-order chi connectivity index (χ1) is 16.6. The van der Waals surface area contributed by atoms with Crippen LogP contribution >= 0.6 is 0 Å². The van der Waals surface area contributed by atoms with Gasteiger partial charge < -0.3 is 4.74 Å². The number of hydrogen-bond acceptors (Lipinski definition) is 1. The van der Waals surface area contributed by atoms with Gasteiger partial charge in [0.25, 0.3) is 5.92 Å². The van der Waals surface area contributed by atoms with Crippen LogP contribution in [0.4, 0.5) is 30.7 Å². The van der Waals surface area contributed by atoms with E-state index in [1.54, 1.807) is 0 Å². The Labute approximate surface area is 204 Å². The van der Waals surface area contributed by atoms with Gasteiger partial charge in [-0.25, -0.2) is 30.7 Å². The molecule has 0 aromatic carbocycles. The zero-order valence-electron chi connectivity index (χ0n) is 20.7. The van der Waals surface area contributed by atoms with Crippen LogP contribution in [0, 0.1) is 35.5 Å². The van der Waals surface area contributed by atoms with E-state index in [9.17, 15) is 22.0 Å². The fourth-order valence-corrected chi connectivity index (χ4v) is 7.52. The molecule has 6 atom stereocenters. The standard InChI is InChI=1S/C27H41F7O/c1-2-15-3-8-24(35-14-15)18-6-4-17(5-7-18)19-11-20(28)25(21(29)12-19)27(33,34)13-16-9-22(30)26(32)23(31)10-16/h15-26H,2-14H2,1H3. The second kappa shape index (κ2) is 11.5. The maximum Gasteiger partial charge on any atom is 0.256 e. The molecule has 1 aliphatic heterocycles. The number of rotatable bonds is 6. The monoisotopic (exact) mass is 514 g/mol. The molecule has 204 valence electrons. The Balaban J connectivity index is 1.28. The molecular weight excluding hydrogens is 473 g/mol. The minimum atomic E-state index is -3.72. The summed E-state index contributed by atoms with van der Waals surface area (Å²) in [6.07, 6.45) is -5.66. The van der Waals surface area contributed by atoms with Crippen LogP contribution < -0.4 is 0 Å². The molecule has 0 aromatic rings. The van der Waals surface area contributed by atoms with Gasteiger partial charge in [-0.3, -0.25) is 0 Å². The van der Waals surface area contributed by atoms with Crippen molar-refractivity contribution in [2.75, 3.05) is 6.61 Å². The Morgan fingerprint density at radius 2 is 1.23 bits per heavy atom. The molecule has 6 unspecified atom stereocenters. The first-order valence-electron chi connectivity index (χ1n) is 13.8. The van der Waals surface area contributed by atoms with Crippen LogP contribution in [-0.4, -0.2) is 49.5 Å². The maximum absolute atomic E-state index is 15.1. The van der Waals surface area contributed by atoms with E-state index >= 15 is 8.78 Å². The molecule has 3 saturated carbocycles. The lowest BCUT2D eigenvalue weighted by atomic mass is 9.65. The highest BCUT2D eigenvalue weighted by molar-refractivity contribution is 4.99. The summed E-state index contributed by atoms with van der Waals surface area (Å²) in [6, 6.07) is 0. The number of alkyl halides is 7. The summed E-state index contributed by atoms with van der Waals surface area (Å²) >= 11 is 0. The van der Waals surface area contributed by atoms with Gasteiger partial charge in [0.2, 0.25) is 0 Å². The molecule has 1 saturated heterocycles. The van der Waals surface area contributed by atoms with E-state index in [1.165, 1.54) is 6.42 Å². The summed E-state index contributed by atoms with van der Waals surface area (Å²) in [7, 11) is 0. The van der Waals surface area contributed by atoms with Crippen molar-refractivity contribution < 1.29 is 35.5 Å². The van der Waals surface area contributed by atoms with Crippen LogP contribution in [0.3, 0.4) is 0 Å². The number of hydrogen-bond donors (Lipinski definition) is 0. The van der Waals surface area contributed by atoms with Crippen LogP contribution in [0.5, 0.6) is 0 Å². The minimum absolute atomic E-state index is 0.0944. The summed E-state index contributed by atoms with van der Waals surface area (Å²) in [4.78, 5) is 0. The summed E-state index contributed by atoms with van der Waals surface area (Å²) in [5.74, 6) is -5.98. The van der Waals surface area contributed by atoms with Crippen molar-refractivity contribution in [3.05, 3.63) is 0 Å². The van der Waals surface area contributed by atoms with Crippen LogP contribution in [-0.2, 0) is 4.74 Å². The van der Waals surface area contributed by atoms with E-state index in [4.69, 9.17) is 4.74 Å². The SMILES string of the molecule is CCC1CCC(C2CCC(C3CC(F)C(C(F)(F)CC4CC(F)C(F)C(F)C4)C(F)C3)CC2)OC1. The van der Waals surface area contributed by atoms with Crippen molar-refractivity contribution in [3.63, 3.8) is 0 Å². The average Bonchev–Trinajstić information content (AvgIpc) is 2.81. The lowest BCUT2D eigenvalue weighted by molar-refractivity contribution is -0.155. The van der Waals surface area contributed by atoms with Gasteiger partial charge in [0.05, 0.1) is 12.0 Å².